The van der Waals surface area contributed by atoms with Crippen LogP contribution in [0.5, 0.6) is 5.75 Å². The maximum atomic E-state index is 11.7. The second-order valence-electron chi connectivity index (χ2n) is 10.5. The lowest BCUT2D eigenvalue weighted by atomic mass is 9.76. The van der Waals surface area contributed by atoms with Gasteiger partial charge < -0.3 is 9.84 Å². The van der Waals surface area contributed by atoms with Crippen molar-refractivity contribution in [2.24, 2.45) is 0 Å². The highest BCUT2D eigenvalue weighted by Crippen LogP contribution is 2.33. The average molecular weight is 572 g/mol. The van der Waals surface area contributed by atoms with Crippen molar-refractivity contribution in [3.8, 4) is 17.6 Å². The number of benzene rings is 3. The fraction of sp³-hybridized carbons (Fsp3) is 0.324. The van der Waals surface area contributed by atoms with Crippen LogP contribution in [0, 0.1) is 11.8 Å². The second-order valence-corrected chi connectivity index (χ2v) is 12.5. The number of hydrogen-bond donors (Lipinski definition) is 1. The third-order valence-corrected chi connectivity index (χ3v) is 8.74. The first-order valence-electron chi connectivity index (χ1n) is 13.8. The lowest BCUT2D eigenvalue weighted by molar-refractivity contribution is -0.138. The first-order valence-corrected chi connectivity index (χ1v) is 15.7. The molecule has 1 heterocycles. The van der Waals surface area contributed by atoms with Crippen LogP contribution in [-0.2, 0) is 33.2 Å². The Kier molecular flexibility index (Phi) is 9.69. The van der Waals surface area contributed by atoms with Crippen LogP contribution in [0.15, 0.2) is 83.8 Å². The maximum Gasteiger partial charge on any atom is 0.305 e. The van der Waals surface area contributed by atoms with Crippen LogP contribution in [0.4, 0.5) is 0 Å². The van der Waals surface area contributed by atoms with Crippen molar-refractivity contribution >= 4 is 21.4 Å². The van der Waals surface area contributed by atoms with Gasteiger partial charge in [-0.2, -0.15) is 0 Å². The van der Waals surface area contributed by atoms with Crippen molar-refractivity contribution in [2.45, 2.75) is 56.6 Å². The van der Waals surface area contributed by atoms with E-state index in [4.69, 9.17) is 4.74 Å². The summed E-state index contributed by atoms with van der Waals surface area (Å²) in [6, 6.07) is 23.2. The van der Waals surface area contributed by atoms with Gasteiger partial charge in [-0.25, -0.2) is 8.42 Å². The molecule has 0 spiro atoms. The molecule has 0 bridgehead atoms. The van der Waals surface area contributed by atoms with E-state index in [0.29, 0.717) is 17.9 Å². The third kappa shape index (κ3) is 7.87. The minimum Gasteiger partial charge on any atom is -0.489 e. The molecule has 214 valence electrons. The fourth-order valence-corrected chi connectivity index (χ4v) is 5.83. The van der Waals surface area contributed by atoms with Gasteiger partial charge >= 0.3 is 5.97 Å². The van der Waals surface area contributed by atoms with E-state index in [1.165, 1.54) is 17.4 Å². The SMILES string of the molecule is CC#C[C@](CC)(CC(=O)O)c1ccc(OCc2ccc(CN3CC=C(c4ccc(S(C)(=O)=O)cc4)CC3)cc2)cc1. The molecule has 0 unspecified atom stereocenters. The number of hydrogen-bond acceptors (Lipinski definition) is 5. The summed E-state index contributed by atoms with van der Waals surface area (Å²) in [7, 11) is -3.18. The van der Waals surface area contributed by atoms with Crippen molar-refractivity contribution in [1.29, 1.82) is 0 Å². The van der Waals surface area contributed by atoms with E-state index < -0.39 is 21.2 Å². The van der Waals surface area contributed by atoms with Crippen molar-refractivity contribution in [3.05, 3.63) is 101 Å². The largest absolute Gasteiger partial charge is 0.489 e. The zero-order valence-corrected chi connectivity index (χ0v) is 24.7. The molecule has 1 atom stereocenters. The Morgan fingerprint density at radius 1 is 1.00 bits per heavy atom. The number of ether oxygens (including phenoxy) is 1. The van der Waals surface area contributed by atoms with Gasteiger partial charge in [0.15, 0.2) is 9.84 Å². The number of nitrogens with zero attached hydrogens (tertiary/aromatic N) is 1. The predicted molar refractivity (Wildman–Crippen MR) is 162 cm³/mol. The Hall–Kier alpha value is -3.86. The standard InChI is InChI=1S/C34H37NO5S/c1-4-20-34(5-2,23-33(36)37)30-12-14-31(15-13-30)40-25-27-8-6-26(7-9-27)24-35-21-18-29(19-22-35)28-10-16-32(17-11-28)41(3,38)39/h6-18H,5,19,21-25H2,1-3H3,(H,36,37)/t34-/m1/s1. The minimum absolute atomic E-state index is 0.0349. The number of carboxylic acids is 1. The molecule has 1 aliphatic rings. The Morgan fingerprint density at radius 3 is 2.20 bits per heavy atom. The Bertz CT molecular complexity index is 1550. The van der Waals surface area contributed by atoms with Crippen LogP contribution in [0.1, 0.15) is 55.4 Å². The average Bonchev–Trinajstić information content (AvgIpc) is 2.96. The summed E-state index contributed by atoms with van der Waals surface area (Å²) in [5.41, 5.74) is 4.82. The highest BCUT2D eigenvalue weighted by molar-refractivity contribution is 7.90. The molecule has 0 amide bonds. The van der Waals surface area contributed by atoms with E-state index in [9.17, 15) is 18.3 Å². The molecule has 1 N–H and O–H groups in total. The number of rotatable bonds is 11. The molecule has 0 aromatic heterocycles. The van der Waals surface area contributed by atoms with Crippen molar-refractivity contribution in [3.63, 3.8) is 0 Å². The lowest BCUT2D eigenvalue weighted by Gasteiger charge is -2.26. The molecule has 0 radical (unpaired) electrons. The monoisotopic (exact) mass is 571 g/mol. The summed E-state index contributed by atoms with van der Waals surface area (Å²) in [4.78, 5) is 14.2. The first kappa shape index (κ1) is 30.1. The Labute approximate surface area is 243 Å². The molecule has 0 saturated heterocycles. The predicted octanol–water partition coefficient (Wildman–Crippen LogP) is 6.10. The third-order valence-electron chi connectivity index (χ3n) is 7.61. The number of carboxylic acid groups (broad SMARTS) is 1. The van der Waals surface area contributed by atoms with E-state index in [2.05, 4.69) is 47.1 Å². The normalized spacial score (nSPS) is 15.2. The van der Waals surface area contributed by atoms with Gasteiger partial charge in [0.25, 0.3) is 0 Å². The second kappa shape index (κ2) is 13.2. The molecular weight excluding hydrogens is 534 g/mol. The zero-order chi connectivity index (χ0) is 29.5. The van der Waals surface area contributed by atoms with E-state index in [0.717, 1.165) is 48.5 Å². The van der Waals surface area contributed by atoms with Gasteiger partial charge in [0.05, 0.1) is 16.7 Å². The summed E-state index contributed by atoms with van der Waals surface area (Å²) in [6.45, 7) is 6.78. The van der Waals surface area contributed by atoms with Gasteiger partial charge in [0, 0.05) is 25.9 Å². The molecule has 0 saturated carbocycles. The maximum absolute atomic E-state index is 11.7. The van der Waals surface area contributed by atoms with E-state index in [-0.39, 0.29) is 6.42 Å². The lowest BCUT2D eigenvalue weighted by Crippen LogP contribution is -2.28. The van der Waals surface area contributed by atoms with Crippen LogP contribution >= 0.6 is 0 Å². The summed E-state index contributed by atoms with van der Waals surface area (Å²) in [5.74, 6) is 5.89. The molecule has 7 heteroatoms. The van der Waals surface area contributed by atoms with Crippen LogP contribution in [0.25, 0.3) is 5.57 Å². The van der Waals surface area contributed by atoms with Gasteiger partial charge in [-0.3, -0.25) is 9.69 Å². The molecule has 0 aliphatic carbocycles. The zero-order valence-electron chi connectivity index (χ0n) is 23.9. The molecule has 41 heavy (non-hydrogen) atoms. The molecule has 0 fully saturated rings. The molecule has 3 aromatic carbocycles. The molecule has 3 aromatic rings. The summed E-state index contributed by atoms with van der Waals surface area (Å²) < 4.78 is 29.4. The summed E-state index contributed by atoms with van der Waals surface area (Å²) in [5, 5.41) is 9.41. The number of sulfone groups is 1. The van der Waals surface area contributed by atoms with Crippen molar-refractivity contribution < 1.29 is 23.1 Å². The van der Waals surface area contributed by atoms with Gasteiger partial charge in [0.2, 0.25) is 0 Å². The van der Waals surface area contributed by atoms with Gasteiger partial charge in [0.1, 0.15) is 12.4 Å². The first-order chi connectivity index (χ1) is 19.6. The summed E-state index contributed by atoms with van der Waals surface area (Å²) >= 11 is 0. The van der Waals surface area contributed by atoms with Crippen molar-refractivity contribution in [2.75, 3.05) is 19.3 Å². The summed E-state index contributed by atoms with van der Waals surface area (Å²) in [6.07, 6.45) is 4.96. The topological polar surface area (TPSA) is 83.9 Å². The molecule has 1 aliphatic heterocycles. The van der Waals surface area contributed by atoms with Crippen LogP contribution in [0.3, 0.4) is 0 Å². The van der Waals surface area contributed by atoms with E-state index >= 15 is 0 Å². The van der Waals surface area contributed by atoms with Gasteiger partial charge in [-0.05, 0) is 71.9 Å². The van der Waals surface area contributed by atoms with Crippen LogP contribution in [0.2, 0.25) is 0 Å². The quantitative estimate of drug-likeness (QED) is 0.280. The fourth-order valence-electron chi connectivity index (χ4n) is 5.20. The number of carbonyl (C=O) groups is 1. The Morgan fingerprint density at radius 2 is 1.66 bits per heavy atom. The van der Waals surface area contributed by atoms with E-state index in [1.54, 1.807) is 19.1 Å². The van der Waals surface area contributed by atoms with Gasteiger partial charge in [-0.1, -0.05) is 67.5 Å². The van der Waals surface area contributed by atoms with Crippen LogP contribution < -0.4 is 4.74 Å². The highest BCUT2D eigenvalue weighted by Gasteiger charge is 2.31. The Balaban J connectivity index is 1.30. The minimum atomic E-state index is -3.18. The highest BCUT2D eigenvalue weighted by atomic mass is 32.2. The number of aliphatic carboxylic acids is 1. The smallest absolute Gasteiger partial charge is 0.305 e. The van der Waals surface area contributed by atoms with Crippen molar-refractivity contribution in [1.82, 2.24) is 4.90 Å². The van der Waals surface area contributed by atoms with Crippen LogP contribution in [-0.4, -0.2) is 43.7 Å². The molecular formula is C34H37NO5S. The van der Waals surface area contributed by atoms with E-state index in [1.807, 2.05) is 43.3 Å². The molecule has 6 nitrogen and oxygen atoms in total. The molecule has 4 rings (SSSR count). The van der Waals surface area contributed by atoms with Gasteiger partial charge in [-0.15, -0.1) is 5.92 Å².